The number of hydrogen-bond acceptors (Lipinski definition) is 6. The summed E-state index contributed by atoms with van der Waals surface area (Å²) in [6, 6.07) is 10.1. The molecular weight excluding hydrogens is 423 g/mol. The van der Waals surface area contributed by atoms with Crippen molar-refractivity contribution >= 4 is 38.8 Å². The first-order chi connectivity index (χ1) is 13.6. The summed E-state index contributed by atoms with van der Waals surface area (Å²) in [6.45, 7) is 0.125. The van der Waals surface area contributed by atoms with E-state index >= 15 is 0 Å². The summed E-state index contributed by atoms with van der Waals surface area (Å²) in [4.78, 5) is 19.2. The molecule has 0 radical (unpaired) electrons. The fourth-order valence-corrected chi connectivity index (χ4v) is 4.87. The van der Waals surface area contributed by atoms with Gasteiger partial charge in [-0.15, -0.1) is 22.7 Å². The Bertz CT molecular complexity index is 940. The minimum Gasteiger partial charge on any atom is -0.374 e. The van der Waals surface area contributed by atoms with Crippen LogP contribution in [0.4, 0.5) is 13.2 Å². The molecule has 3 aromatic rings. The number of halogens is 3. The Morgan fingerprint density at radius 1 is 1.24 bits per heavy atom. The van der Waals surface area contributed by atoms with Crippen molar-refractivity contribution in [2.75, 3.05) is 20.6 Å². The van der Waals surface area contributed by atoms with Gasteiger partial charge in [0.1, 0.15) is 5.01 Å². The Kier molecular flexibility index (Phi) is 6.27. The Hall–Kier alpha value is -2.01. The van der Waals surface area contributed by atoms with Crippen molar-refractivity contribution in [2.24, 2.45) is 0 Å². The van der Waals surface area contributed by atoms with E-state index in [1.807, 2.05) is 36.5 Å². The number of aromatic nitrogens is 1. The van der Waals surface area contributed by atoms with E-state index in [0.717, 1.165) is 16.2 Å². The second-order valence-corrected chi connectivity index (χ2v) is 8.83. The molecule has 1 amide bonds. The number of nitrogens with zero attached hydrogens (tertiary/aromatic N) is 2. The molecule has 2 aromatic heterocycles. The molecule has 0 spiro atoms. The number of amides is 1. The lowest BCUT2D eigenvalue weighted by Crippen LogP contribution is -2.47. The standard InChI is InChI=1S/C19H20F3N3O2S2/c1-25(2)13(15-8-5-9-28-15)11-23-16(26)10-18(27,19(20,21)22)17-24-12-6-3-4-7-14(12)29-17/h3-9,13,27H,10-11H2,1-2H3,(H,23,26). The lowest BCUT2D eigenvalue weighted by Gasteiger charge is -2.29. The molecule has 2 unspecified atom stereocenters. The molecule has 2 N–H and O–H groups in total. The number of carbonyl (C=O) groups excluding carboxylic acids is 1. The number of thiazole rings is 1. The lowest BCUT2D eigenvalue weighted by molar-refractivity contribution is -0.267. The second kappa shape index (κ2) is 8.39. The van der Waals surface area contributed by atoms with Gasteiger partial charge in [0.25, 0.3) is 0 Å². The first-order valence-electron chi connectivity index (χ1n) is 8.73. The van der Waals surface area contributed by atoms with E-state index in [9.17, 15) is 23.1 Å². The molecule has 0 aliphatic rings. The molecular formula is C19H20F3N3O2S2. The van der Waals surface area contributed by atoms with Crippen LogP contribution < -0.4 is 5.32 Å². The number of fused-ring (bicyclic) bond motifs is 1. The molecule has 5 nitrogen and oxygen atoms in total. The third kappa shape index (κ3) is 4.61. The Balaban J connectivity index is 1.79. The Morgan fingerprint density at radius 2 is 1.97 bits per heavy atom. The van der Waals surface area contributed by atoms with E-state index < -0.39 is 29.1 Å². The third-order valence-corrected chi connectivity index (χ3v) is 6.68. The maximum atomic E-state index is 13.8. The molecule has 3 rings (SSSR count). The molecule has 10 heteroatoms. The number of hydrogen-bond donors (Lipinski definition) is 2. The molecule has 0 saturated carbocycles. The van der Waals surface area contributed by atoms with Gasteiger partial charge in [0.15, 0.2) is 0 Å². The SMILES string of the molecule is CN(C)C(CNC(=O)CC(O)(c1nc2ccccc2s1)C(F)(F)F)c1cccs1. The van der Waals surface area contributed by atoms with Crippen LogP contribution >= 0.6 is 22.7 Å². The van der Waals surface area contributed by atoms with Crippen LogP contribution in [0.1, 0.15) is 22.3 Å². The van der Waals surface area contributed by atoms with Gasteiger partial charge >= 0.3 is 6.18 Å². The fraction of sp³-hybridized carbons (Fsp3) is 0.368. The van der Waals surface area contributed by atoms with Crippen LogP contribution in [0.15, 0.2) is 41.8 Å². The number of rotatable bonds is 7. The van der Waals surface area contributed by atoms with Crippen LogP contribution in [0.25, 0.3) is 10.2 Å². The van der Waals surface area contributed by atoms with Crippen LogP contribution in [0, 0.1) is 0 Å². The summed E-state index contributed by atoms with van der Waals surface area (Å²) in [5, 5.41) is 14.4. The van der Waals surface area contributed by atoms with E-state index in [1.54, 1.807) is 24.3 Å². The summed E-state index contributed by atoms with van der Waals surface area (Å²) < 4.78 is 41.8. The van der Waals surface area contributed by atoms with Crippen molar-refractivity contribution in [3.63, 3.8) is 0 Å². The van der Waals surface area contributed by atoms with E-state index in [0.29, 0.717) is 10.2 Å². The zero-order chi connectivity index (χ0) is 21.2. The molecule has 156 valence electrons. The Labute approximate surface area is 173 Å². The van der Waals surface area contributed by atoms with Crippen molar-refractivity contribution in [2.45, 2.75) is 24.2 Å². The third-order valence-electron chi connectivity index (χ3n) is 4.52. The molecule has 29 heavy (non-hydrogen) atoms. The summed E-state index contributed by atoms with van der Waals surface area (Å²) in [7, 11) is 3.65. The van der Waals surface area contributed by atoms with Crippen molar-refractivity contribution in [1.82, 2.24) is 15.2 Å². The van der Waals surface area contributed by atoms with Gasteiger partial charge in [-0.1, -0.05) is 18.2 Å². The number of benzene rings is 1. The molecule has 2 atom stereocenters. The predicted octanol–water partition coefficient (Wildman–Crippen LogP) is 3.92. The maximum absolute atomic E-state index is 13.8. The van der Waals surface area contributed by atoms with Crippen LogP contribution in [0.2, 0.25) is 0 Å². The fourth-order valence-electron chi connectivity index (χ4n) is 2.87. The van der Waals surface area contributed by atoms with Gasteiger partial charge in [-0.05, 0) is 37.7 Å². The summed E-state index contributed by atoms with van der Waals surface area (Å²) in [6.07, 6.45) is -6.20. The number of thiophene rings is 1. The molecule has 2 heterocycles. The minimum absolute atomic E-state index is 0.125. The zero-order valence-electron chi connectivity index (χ0n) is 15.7. The average molecular weight is 444 g/mol. The quantitative estimate of drug-likeness (QED) is 0.581. The Morgan fingerprint density at radius 3 is 2.55 bits per heavy atom. The molecule has 0 bridgehead atoms. The second-order valence-electron chi connectivity index (χ2n) is 6.82. The molecule has 0 saturated heterocycles. The monoisotopic (exact) mass is 443 g/mol. The van der Waals surface area contributed by atoms with Gasteiger partial charge in [-0.2, -0.15) is 13.2 Å². The number of nitrogens with one attached hydrogen (secondary N) is 1. The van der Waals surface area contributed by atoms with Gasteiger partial charge in [0, 0.05) is 11.4 Å². The average Bonchev–Trinajstić information content (AvgIpc) is 3.30. The van der Waals surface area contributed by atoms with E-state index in [4.69, 9.17) is 0 Å². The zero-order valence-corrected chi connectivity index (χ0v) is 17.4. The summed E-state index contributed by atoms with van der Waals surface area (Å²) >= 11 is 2.23. The lowest BCUT2D eigenvalue weighted by atomic mass is 9.99. The maximum Gasteiger partial charge on any atom is 0.424 e. The van der Waals surface area contributed by atoms with E-state index in [1.165, 1.54) is 11.3 Å². The molecule has 0 aliphatic heterocycles. The van der Waals surface area contributed by atoms with E-state index in [2.05, 4.69) is 10.3 Å². The van der Waals surface area contributed by atoms with Gasteiger partial charge in [0.2, 0.25) is 11.5 Å². The van der Waals surface area contributed by atoms with Crippen molar-refractivity contribution in [3.05, 3.63) is 51.7 Å². The van der Waals surface area contributed by atoms with Crippen LogP contribution in [0.3, 0.4) is 0 Å². The van der Waals surface area contributed by atoms with Crippen molar-refractivity contribution in [1.29, 1.82) is 0 Å². The number of alkyl halides is 3. The summed E-state index contributed by atoms with van der Waals surface area (Å²) in [5.41, 5.74) is -3.00. The largest absolute Gasteiger partial charge is 0.424 e. The molecule has 1 aromatic carbocycles. The van der Waals surface area contributed by atoms with Crippen LogP contribution in [-0.2, 0) is 10.4 Å². The number of likely N-dealkylation sites (N-methyl/N-ethyl adjacent to an activating group) is 1. The van der Waals surface area contributed by atoms with Gasteiger partial charge in [-0.25, -0.2) is 4.98 Å². The van der Waals surface area contributed by atoms with Crippen molar-refractivity contribution < 1.29 is 23.1 Å². The highest BCUT2D eigenvalue weighted by molar-refractivity contribution is 7.18. The van der Waals surface area contributed by atoms with Crippen molar-refractivity contribution in [3.8, 4) is 0 Å². The van der Waals surface area contributed by atoms with Crippen LogP contribution in [-0.4, -0.2) is 47.7 Å². The van der Waals surface area contributed by atoms with Crippen LogP contribution in [0.5, 0.6) is 0 Å². The number of aliphatic hydroxyl groups is 1. The smallest absolute Gasteiger partial charge is 0.374 e. The topological polar surface area (TPSA) is 65.5 Å². The normalized spacial score (nSPS) is 15.4. The first-order valence-corrected chi connectivity index (χ1v) is 10.4. The highest BCUT2D eigenvalue weighted by Crippen LogP contribution is 2.44. The highest BCUT2D eigenvalue weighted by atomic mass is 32.1. The summed E-state index contributed by atoms with van der Waals surface area (Å²) in [5.74, 6) is -0.896. The van der Waals surface area contributed by atoms with Gasteiger partial charge in [0.05, 0.1) is 22.7 Å². The predicted molar refractivity (Wildman–Crippen MR) is 108 cm³/mol. The number of carbonyl (C=O) groups is 1. The molecule has 0 fully saturated rings. The number of para-hydroxylation sites is 1. The van der Waals surface area contributed by atoms with Gasteiger partial charge in [-0.3, -0.25) is 4.79 Å². The van der Waals surface area contributed by atoms with Gasteiger partial charge < -0.3 is 15.3 Å². The first kappa shape index (κ1) is 21.7. The minimum atomic E-state index is -5.05. The molecule has 0 aliphatic carbocycles. The van der Waals surface area contributed by atoms with E-state index in [-0.39, 0.29) is 12.6 Å². The highest BCUT2D eigenvalue weighted by Gasteiger charge is 2.58.